The first-order valence-electron chi connectivity index (χ1n) is 3.25. The molecule has 2 aromatic rings. The Labute approximate surface area is 67.5 Å². The summed E-state index contributed by atoms with van der Waals surface area (Å²) in [7, 11) is 0. The molecule has 0 amide bonds. The third-order valence-corrected chi connectivity index (χ3v) is 1.36. The minimum Gasteiger partial charge on any atom is -0.257 e. The molecule has 2 aromatic heterocycles. The lowest BCUT2D eigenvalue weighted by atomic mass is 10.8. The van der Waals surface area contributed by atoms with Crippen molar-refractivity contribution in [3.05, 3.63) is 31.4 Å². The molecule has 6 nitrogen and oxygen atoms in total. The van der Waals surface area contributed by atoms with Gasteiger partial charge < -0.3 is 0 Å². The van der Waals surface area contributed by atoms with Crippen molar-refractivity contribution in [2.45, 2.75) is 0 Å². The van der Waals surface area contributed by atoms with Gasteiger partial charge in [0.05, 0.1) is 0 Å². The second-order valence-electron chi connectivity index (χ2n) is 2.12. The van der Waals surface area contributed by atoms with Crippen molar-refractivity contribution in [2.75, 3.05) is 0 Å². The van der Waals surface area contributed by atoms with Crippen molar-refractivity contribution in [3.8, 4) is 0 Å². The second kappa shape index (κ2) is 2.57. The third kappa shape index (κ3) is 0.986. The lowest BCUT2D eigenvalue weighted by molar-refractivity contribution is 0.243. The Morgan fingerprint density at radius 1 is 1.08 bits per heavy atom. The molecule has 0 unspecified atom stereocenters. The Morgan fingerprint density at radius 3 is 2.42 bits per heavy atom. The zero-order valence-electron chi connectivity index (χ0n) is 6.03. The van der Waals surface area contributed by atoms with E-state index in [0.29, 0.717) is 0 Å². The highest BCUT2D eigenvalue weighted by Gasteiger charge is 2.04. The minimum absolute atomic E-state index is 0.252. The van der Waals surface area contributed by atoms with Crippen LogP contribution in [0.3, 0.4) is 0 Å². The third-order valence-electron chi connectivity index (χ3n) is 1.36. The average molecular weight is 163 g/mol. The first-order chi connectivity index (χ1) is 5.88. The largest absolute Gasteiger partial charge is 0.340 e. The number of hydrogen-bond acceptors (Lipinski definition) is 4. The highest BCUT2D eigenvalue weighted by molar-refractivity contribution is 5.78. The quantitative estimate of drug-likeness (QED) is 0.548. The van der Waals surface area contributed by atoms with Gasteiger partial charge in [0, 0.05) is 12.4 Å². The van der Waals surface area contributed by atoms with Gasteiger partial charge in [-0.3, -0.25) is 4.57 Å². The van der Waals surface area contributed by atoms with E-state index in [9.17, 15) is 4.79 Å². The molecule has 0 fully saturated rings. The predicted octanol–water partition coefficient (Wildman–Crippen LogP) is -0.00900. The molecule has 0 radical (unpaired) electrons. The van der Waals surface area contributed by atoms with Gasteiger partial charge >= 0.3 is 6.03 Å². The maximum absolute atomic E-state index is 11.4. The monoisotopic (exact) mass is 163 g/mol. The highest BCUT2D eigenvalue weighted by Crippen LogP contribution is 1.90. The molecule has 0 saturated carbocycles. The van der Waals surface area contributed by atoms with Crippen LogP contribution in [-0.4, -0.2) is 30.3 Å². The van der Waals surface area contributed by atoms with Gasteiger partial charge in [0.1, 0.15) is 19.0 Å². The fourth-order valence-electron chi connectivity index (χ4n) is 0.805. The summed E-state index contributed by atoms with van der Waals surface area (Å²) in [4.78, 5) is 15.1. The number of nitrogens with zero attached hydrogens (tertiary/aromatic N) is 5. The molecule has 2 rings (SSSR count). The molecule has 0 bridgehead atoms. The molecule has 0 aliphatic heterocycles. The van der Waals surface area contributed by atoms with E-state index in [-0.39, 0.29) is 6.03 Å². The first kappa shape index (κ1) is 6.71. The molecule has 60 valence electrons. The number of carbonyl (C=O) groups excluding carboxylic acids is 1. The van der Waals surface area contributed by atoms with Gasteiger partial charge in [0.25, 0.3) is 0 Å². The highest BCUT2D eigenvalue weighted by atomic mass is 16.2. The molecular formula is C6H5N5O. The molecule has 2 heterocycles. The van der Waals surface area contributed by atoms with Gasteiger partial charge in [0.15, 0.2) is 0 Å². The number of hydrogen-bond donors (Lipinski definition) is 0. The van der Waals surface area contributed by atoms with Crippen LogP contribution in [0.1, 0.15) is 0 Å². The predicted molar refractivity (Wildman–Crippen MR) is 38.4 cm³/mol. The van der Waals surface area contributed by atoms with Crippen LogP contribution in [0.4, 0.5) is 4.79 Å². The minimum atomic E-state index is -0.252. The molecule has 0 aromatic carbocycles. The first-order valence-corrected chi connectivity index (χ1v) is 3.25. The summed E-state index contributed by atoms with van der Waals surface area (Å²) >= 11 is 0. The van der Waals surface area contributed by atoms with Crippen molar-refractivity contribution >= 4 is 6.03 Å². The van der Waals surface area contributed by atoms with Gasteiger partial charge in [-0.25, -0.2) is 14.3 Å². The summed E-state index contributed by atoms with van der Waals surface area (Å²) in [5, 5.41) is 7.02. The summed E-state index contributed by atoms with van der Waals surface area (Å²) < 4.78 is 2.60. The zero-order chi connectivity index (χ0) is 8.39. The maximum Gasteiger partial charge on any atom is 0.340 e. The van der Waals surface area contributed by atoms with Crippen LogP contribution < -0.4 is 0 Å². The van der Waals surface area contributed by atoms with Crippen LogP contribution in [-0.2, 0) is 0 Å². The van der Waals surface area contributed by atoms with Gasteiger partial charge in [-0.15, -0.1) is 10.2 Å². The van der Waals surface area contributed by atoms with Crippen molar-refractivity contribution in [2.24, 2.45) is 0 Å². The Hall–Kier alpha value is -1.98. The van der Waals surface area contributed by atoms with E-state index < -0.39 is 0 Å². The van der Waals surface area contributed by atoms with Gasteiger partial charge in [0.2, 0.25) is 0 Å². The zero-order valence-corrected chi connectivity index (χ0v) is 6.03. The Balaban J connectivity index is 2.34. The van der Waals surface area contributed by atoms with Crippen LogP contribution >= 0.6 is 0 Å². The van der Waals surface area contributed by atoms with E-state index in [1.54, 1.807) is 6.20 Å². The molecule has 0 N–H and O–H groups in total. The van der Waals surface area contributed by atoms with Crippen LogP contribution in [0, 0.1) is 0 Å². The standard InChI is InChI=1S/C6H5N5O/c12-6(10-2-1-7-3-10)11-4-8-9-5-11/h1-5H. The normalized spacial score (nSPS) is 10.0. The lowest BCUT2D eigenvalue weighted by Crippen LogP contribution is -2.15. The van der Waals surface area contributed by atoms with Crippen molar-refractivity contribution < 1.29 is 4.79 Å². The summed E-state index contributed by atoms with van der Waals surface area (Å²) in [5.41, 5.74) is 0. The molecule has 0 atom stereocenters. The number of aromatic nitrogens is 5. The van der Waals surface area contributed by atoms with Crippen molar-refractivity contribution in [1.82, 2.24) is 24.3 Å². The average Bonchev–Trinajstić information content (AvgIpc) is 2.77. The molecule has 6 heteroatoms. The van der Waals surface area contributed by atoms with Crippen LogP contribution in [0.25, 0.3) is 0 Å². The topological polar surface area (TPSA) is 65.6 Å². The Bertz CT molecular complexity index is 326. The summed E-state index contributed by atoms with van der Waals surface area (Å²) in [6, 6.07) is -0.252. The lowest BCUT2D eigenvalue weighted by Gasteiger charge is -1.97. The van der Waals surface area contributed by atoms with Crippen LogP contribution in [0.15, 0.2) is 31.4 Å². The molecule has 0 aliphatic rings. The summed E-state index contributed by atoms with van der Waals surface area (Å²) in [6.45, 7) is 0. The fourth-order valence-corrected chi connectivity index (χ4v) is 0.805. The van der Waals surface area contributed by atoms with Crippen molar-refractivity contribution in [3.63, 3.8) is 0 Å². The smallest absolute Gasteiger partial charge is 0.257 e. The number of imidazole rings is 1. The van der Waals surface area contributed by atoms with Crippen LogP contribution in [0.5, 0.6) is 0 Å². The van der Waals surface area contributed by atoms with Gasteiger partial charge in [-0.1, -0.05) is 0 Å². The second-order valence-corrected chi connectivity index (χ2v) is 2.12. The SMILES string of the molecule is O=C(n1ccnc1)n1cnnc1. The summed E-state index contributed by atoms with van der Waals surface area (Å²) in [5.74, 6) is 0. The van der Waals surface area contributed by atoms with E-state index in [2.05, 4.69) is 15.2 Å². The molecule has 12 heavy (non-hydrogen) atoms. The molecule has 0 aliphatic carbocycles. The molecular weight excluding hydrogens is 158 g/mol. The molecule has 0 spiro atoms. The summed E-state index contributed by atoms with van der Waals surface area (Å²) in [6.07, 6.45) is 7.18. The van der Waals surface area contributed by atoms with Gasteiger partial charge in [-0.2, -0.15) is 0 Å². The maximum atomic E-state index is 11.4. The van der Waals surface area contributed by atoms with E-state index in [1.165, 1.54) is 34.3 Å². The van der Waals surface area contributed by atoms with Gasteiger partial charge in [-0.05, 0) is 0 Å². The van der Waals surface area contributed by atoms with E-state index in [1.807, 2.05) is 0 Å². The van der Waals surface area contributed by atoms with E-state index >= 15 is 0 Å². The Kier molecular flexibility index (Phi) is 1.44. The van der Waals surface area contributed by atoms with E-state index in [4.69, 9.17) is 0 Å². The number of carbonyl (C=O) groups is 1. The van der Waals surface area contributed by atoms with Crippen molar-refractivity contribution in [1.29, 1.82) is 0 Å². The number of rotatable bonds is 0. The van der Waals surface area contributed by atoms with E-state index in [0.717, 1.165) is 0 Å². The Morgan fingerprint density at radius 2 is 1.83 bits per heavy atom. The van der Waals surface area contributed by atoms with Crippen LogP contribution in [0.2, 0.25) is 0 Å². The fraction of sp³-hybridized carbons (Fsp3) is 0. The molecule has 0 saturated heterocycles.